The highest BCUT2D eigenvalue weighted by Crippen LogP contribution is 2.39. The van der Waals surface area contributed by atoms with E-state index < -0.39 is 0 Å². The summed E-state index contributed by atoms with van der Waals surface area (Å²) in [6.45, 7) is 1.81. The van der Waals surface area contributed by atoms with E-state index >= 15 is 0 Å². The number of methoxy groups -OCH3 is 1. The molecule has 2 amide bonds. The third kappa shape index (κ3) is 2.56. The Labute approximate surface area is 141 Å². The van der Waals surface area contributed by atoms with E-state index in [1.54, 1.807) is 7.11 Å². The van der Waals surface area contributed by atoms with Crippen LogP contribution in [0.15, 0.2) is 48.5 Å². The molecule has 0 aromatic heterocycles. The molecule has 24 heavy (non-hydrogen) atoms. The summed E-state index contributed by atoms with van der Waals surface area (Å²) in [5, 5.41) is 3.00. The molecule has 0 bridgehead atoms. The number of carbonyl (C=O) groups is 1. The van der Waals surface area contributed by atoms with Gasteiger partial charge in [0.15, 0.2) is 0 Å². The molecule has 4 rings (SSSR count). The maximum Gasteiger partial charge on any atom is 0.326 e. The van der Waals surface area contributed by atoms with Gasteiger partial charge in [0.2, 0.25) is 0 Å². The smallest absolute Gasteiger partial charge is 0.326 e. The first-order chi connectivity index (χ1) is 11.8. The molecule has 0 spiro atoms. The summed E-state index contributed by atoms with van der Waals surface area (Å²) in [5.74, 6) is 0.776. The van der Waals surface area contributed by atoms with Gasteiger partial charge in [-0.2, -0.15) is 0 Å². The summed E-state index contributed by atoms with van der Waals surface area (Å²) >= 11 is 0. The number of carbonyl (C=O) groups excluding carboxylic acids is 1. The second-order valence-electron chi connectivity index (χ2n) is 6.25. The van der Waals surface area contributed by atoms with Crippen LogP contribution in [0.3, 0.4) is 0 Å². The third-order valence-corrected chi connectivity index (χ3v) is 4.84. The van der Waals surface area contributed by atoms with Crippen LogP contribution in [0.5, 0.6) is 5.75 Å². The van der Waals surface area contributed by atoms with Crippen molar-refractivity contribution in [2.75, 3.05) is 35.3 Å². The van der Waals surface area contributed by atoms with Crippen molar-refractivity contribution in [2.45, 2.75) is 18.9 Å². The van der Waals surface area contributed by atoms with Gasteiger partial charge in [-0.15, -0.1) is 0 Å². The van der Waals surface area contributed by atoms with Gasteiger partial charge in [-0.3, -0.25) is 4.90 Å². The van der Waals surface area contributed by atoms with Crippen LogP contribution in [-0.4, -0.2) is 32.3 Å². The van der Waals surface area contributed by atoms with E-state index in [4.69, 9.17) is 4.74 Å². The Morgan fingerprint density at radius 1 is 1.12 bits per heavy atom. The van der Waals surface area contributed by atoms with Crippen LogP contribution in [0.4, 0.5) is 21.9 Å². The Morgan fingerprint density at radius 3 is 2.62 bits per heavy atom. The maximum atomic E-state index is 12.8. The lowest BCUT2D eigenvalue weighted by Crippen LogP contribution is -2.49. The van der Waals surface area contributed by atoms with Gasteiger partial charge < -0.3 is 15.0 Å². The first-order valence-electron chi connectivity index (χ1n) is 8.34. The van der Waals surface area contributed by atoms with Crippen LogP contribution >= 0.6 is 0 Å². The predicted octanol–water partition coefficient (Wildman–Crippen LogP) is 3.72. The molecule has 1 saturated heterocycles. The highest BCUT2D eigenvalue weighted by Gasteiger charge is 2.36. The molecule has 124 valence electrons. The van der Waals surface area contributed by atoms with Crippen LogP contribution in [0, 0.1) is 0 Å². The van der Waals surface area contributed by atoms with Crippen LogP contribution in [0.2, 0.25) is 0 Å². The number of rotatable bonds is 2. The zero-order valence-corrected chi connectivity index (χ0v) is 13.7. The number of hydrogen-bond acceptors (Lipinski definition) is 3. The monoisotopic (exact) mass is 323 g/mol. The summed E-state index contributed by atoms with van der Waals surface area (Å²) < 4.78 is 5.16. The largest absolute Gasteiger partial charge is 0.497 e. The first-order valence-corrected chi connectivity index (χ1v) is 8.34. The van der Waals surface area contributed by atoms with Crippen LogP contribution in [-0.2, 0) is 0 Å². The SMILES string of the molecule is COc1ccc(NC(=O)N2CC3CCCN3c3ccccc32)cc1. The van der Waals surface area contributed by atoms with Gasteiger partial charge in [0.1, 0.15) is 5.75 Å². The Kier molecular flexibility index (Phi) is 3.76. The lowest BCUT2D eigenvalue weighted by molar-refractivity contribution is 0.256. The zero-order valence-electron chi connectivity index (χ0n) is 13.7. The number of benzene rings is 2. The van der Waals surface area contributed by atoms with Crippen molar-refractivity contribution in [1.82, 2.24) is 0 Å². The van der Waals surface area contributed by atoms with E-state index in [0.717, 1.165) is 42.3 Å². The van der Waals surface area contributed by atoms with E-state index in [2.05, 4.69) is 16.3 Å². The molecule has 0 aliphatic carbocycles. The minimum Gasteiger partial charge on any atom is -0.497 e. The van der Waals surface area contributed by atoms with Crippen molar-refractivity contribution in [3.05, 3.63) is 48.5 Å². The van der Waals surface area contributed by atoms with Crippen molar-refractivity contribution in [2.24, 2.45) is 0 Å². The van der Waals surface area contributed by atoms with Gasteiger partial charge in [0.25, 0.3) is 0 Å². The molecule has 0 saturated carbocycles. The number of para-hydroxylation sites is 2. The topological polar surface area (TPSA) is 44.8 Å². The zero-order chi connectivity index (χ0) is 16.5. The quantitative estimate of drug-likeness (QED) is 0.916. The van der Waals surface area contributed by atoms with E-state index in [-0.39, 0.29) is 6.03 Å². The lowest BCUT2D eigenvalue weighted by Gasteiger charge is -2.40. The average molecular weight is 323 g/mol. The molecule has 5 nitrogen and oxygen atoms in total. The van der Waals surface area contributed by atoms with Crippen molar-refractivity contribution in [3.63, 3.8) is 0 Å². The van der Waals surface area contributed by atoms with Gasteiger partial charge in [0.05, 0.1) is 18.5 Å². The average Bonchev–Trinajstić information content (AvgIpc) is 3.10. The fourth-order valence-electron chi connectivity index (χ4n) is 3.64. The van der Waals surface area contributed by atoms with Crippen molar-refractivity contribution in [1.29, 1.82) is 0 Å². The number of nitrogens with zero attached hydrogens (tertiary/aromatic N) is 2. The Bertz CT molecular complexity index is 745. The second kappa shape index (κ2) is 6.07. The van der Waals surface area contributed by atoms with Crippen molar-refractivity contribution in [3.8, 4) is 5.75 Å². The molecule has 1 atom stereocenters. The summed E-state index contributed by atoms with van der Waals surface area (Å²) in [4.78, 5) is 17.1. The minimum absolute atomic E-state index is 0.0841. The Hall–Kier alpha value is -2.69. The number of hydrogen-bond donors (Lipinski definition) is 1. The molecule has 2 heterocycles. The van der Waals surface area contributed by atoms with Crippen LogP contribution in [0.1, 0.15) is 12.8 Å². The van der Waals surface area contributed by atoms with E-state index in [1.165, 1.54) is 6.42 Å². The number of ether oxygens (including phenoxy) is 1. The summed E-state index contributed by atoms with van der Waals surface area (Å²) in [6.07, 6.45) is 2.33. The summed E-state index contributed by atoms with van der Waals surface area (Å²) in [7, 11) is 1.63. The van der Waals surface area contributed by atoms with Gasteiger partial charge in [0, 0.05) is 24.8 Å². The highest BCUT2D eigenvalue weighted by molar-refractivity contribution is 6.04. The Morgan fingerprint density at radius 2 is 1.88 bits per heavy atom. The number of fused-ring (bicyclic) bond motifs is 3. The normalized spacial score (nSPS) is 18.8. The molecule has 2 aliphatic heterocycles. The van der Waals surface area contributed by atoms with Crippen molar-refractivity contribution >= 4 is 23.1 Å². The molecule has 5 heteroatoms. The van der Waals surface area contributed by atoms with Crippen molar-refractivity contribution < 1.29 is 9.53 Å². The molecular weight excluding hydrogens is 302 g/mol. The molecule has 2 aromatic carbocycles. The van der Waals surface area contributed by atoms with Gasteiger partial charge in [-0.1, -0.05) is 12.1 Å². The van der Waals surface area contributed by atoms with E-state index in [9.17, 15) is 4.79 Å². The molecule has 1 N–H and O–H groups in total. The third-order valence-electron chi connectivity index (χ3n) is 4.84. The van der Waals surface area contributed by atoms with Crippen LogP contribution < -0.4 is 19.9 Å². The van der Waals surface area contributed by atoms with Crippen LogP contribution in [0.25, 0.3) is 0 Å². The molecule has 0 radical (unpaired) electrons. The van der Waals surface area contributed by atoms with E-state index in [1.807, 2.05) is 47.4 Å². The molecule has 1 unspecified atom stereocenters. The highest BCUT2D eigenvalue weighted by atomic mass is 16.5. The van der Waals surface area contributed by atoms with Gasteiger partial charge in [-0.05, 0) is 49.2 Å². The summed E-state index contributed by atoms with van der Waals surface area (Å²) in [5.41, 5.74) is 2.92. The number of anilines is 3. The van der Waals surface area contributed by atoms with Gasteiger partial charge in [-0.25, -0.2) is 4.79 Å². The number of nitrogens with one attached hydrogen (secondary N) is 1. The fraction of sp³-hybridized carbons (Fsp3) is 0.316. The lowest BCUT2D eigenvalue weighted by atomic mass is 10.1. The van der Waals surface area contributed by atoms with E-state index in [0.29, 0.717) is 6.04 Å². The molecule has 2 aromatic rings. The number of urea groups is 1. The maximum absolute atomic E-state index is 12.8. The first kappa shape index (κ1) is 14.9. The second-order valence-corrected chi connectivity index (χ2v) is 6.25. The summed E-state index contributed by atoms with van der Waals surface area (Å²) in [6, 6.07) is 15.9. The standard InChI is InChI=1S/C19H21N3O2/c1-24-16-10-8-14(9-11-16)20-19(23)22-13-15-5-4-12-21(15)17-6-2-3-7-18(17)22/h2-3,6-11,15H,4-5,12-13H2,1H3,(H,20,23). The molecule has 2 aliphatic rings. The molecule has 1 fully saturated rings. The fourth-order valence-corrected chi connectivity index (χ4v) is 3.64. The van der Waals surface area contributed by atoms with Gasteiger partial charge >= 0.3 is 6.03 Å². The predicted molar refractivity (Wildman–Crippen MR) is 96.2 cm³/mol. The Balaban J connectivity index is 1.58. The molecular formula is C19H21N3O2. The minimum atomic E-state index is -0.0841. The number of amides is 2.